The maximum atomic E-state index is 11.8. The summed E-state index contributed by atoms with van der Waals surface area (Å²) in [6, 6.07) is 11.7. The SMILES string of the molecule is COc1ccc(C(C)(C)C)cc1-c1cc(C)ccc1C(N)=O. The standard InChI is InChI=1S/C19H23NO2/c1-12-6-8-14(18(20)21)15(10-12)16-11-13(19(2,3)4)7-9-17(16)22-5/h6-11H,1-5H3,(H2,20,21). The van der Waals surface area contributed by atoms with Crippen LogP contribution in [0.3, 0.4) is 0 Å². The third kappa shape index (κ3) is 3.14. The third-order valence-corrected chi connectivity index (χ3v) is 3.80. The first-order chi connectivity index (χ1) is 10.2. The summed E-state index contributed by atoms with van der Waals surface area (Å²) in [7, 11) is 1.63. The molecule has 0 aromatic heterocycles. The van der Waals surface area contributed by atoms with Gasteiger partial charge in [0, 0.05) is 11.1 Å². The van der Waals surface area contributed by atoms with E-state index < -0.39 is 5.91 Å². The van der Waals surface area contributed by atoms with E-state index in [1.165, 1.54) is 5.56 Å². The number of ether oxygens (including phenoxy) is 1. The van der Waals surface area contributed by atoms with E-state index in [1.807, 2.05) is 25.1 Å². The summed E-state index contributed by atoms with van der Waals surface area (Å²) in [4.78, 5) is 11.8. The van der Waals surface area contributed by atoms with Crippen LogP contribution in [0.15, 0.2) is 36.4 Å². The highest BCUT2D eigenvalue weighted by Crippen LogP contribution is 2.36. The van der Waals surface area contributed by atoms with Gasteiger partial charge in [-0.2, -0.15) is 0 Å². The minimum absolute atomic E-state index is 0.0116. The number of carbonyl (C=O) groups is 1. The summed E-state index contributed by atoms with van der Waals surface area (Å²) < 4.78 is 5.49. The first-order valence-corrected chi connectivity index (χ1v) is 7.33. The van der Waals surface area contributed by atoms with Gasteiger partial charge in [0.05, 0.1) is 7.11 Å². The van der Waals surface area contributed by atoms with Crippen molar-refractivity contribution in [1.29, 1.82) is 0 Å². The molecule has 0 saturated carbocycles. The number of methoxy groups -OCH3 is 1. The number of benzene rings is 2. The first-order valence-electron chi connectivity index (χ1n) is 7.33. The van der Waals surface area contributed by atoms with E-state index in [4.69, 9.17) is 10.5 Å². The number of primary amides is 1. The quantitative estimate of drug-likeness (QED) is 0.928. The predicted octanol–water partition coefficient (Wildman–Crippen LogP) is 4.07. The van der Waals surface area contributed by atoms with Crippen LogP contribution in [-0.2, 0) is 5.41 Å². The summed E-state index contributed by atoms with van der Waals surface area (Å²) in [5.74, 6) is 0.305. The Labute approximate surface area is 132 Å². The van der Waals surface area contributed by atoms with Crippen molar-refractivity contribution in [2.24, 2.45) is 5.73 Å². The molecule has 22 heavy (non-hydrogen) atoms. The normalized spacial score (nSPS) is 11.3. The monoisotopic (exact) mass is 297 g/mol. The molecular weight excluding hydrogens is 274 g/mol. The van der Waals surface area contributed by atoms with Crippen molar-refractivity contribution in [1.82, 2.24) is 0 Å². The van der Waals surface area contributed by atoms with Crippen molar-refractivity contribution >= 4 is 5.91 Å². The molecule has 0 fully saturated rings. The molecule has 3 heteroatoms. The van der Waals surface area contributed by atoms with Crippen LogP contribution < -0.4 is 10.5 Å². The van der Waals surface area contributed by atoms with E-state index >= 15 is 0 Å². The van der Waals surface area contributed by atoms with Gasteiger partial charge >= 0.3 is 0 Å². The third-order valence-electron chi connectivity index (χ3n) is 3.80. The number of rotatable bonds is 3. The predicted molar refractivity (Wildman–Crippen MR) is 90.4 cm³/mol. The molecule has 0 aliphatic carbocycles. The molecule has 0 bridgehead atoms. The lowest BCUT2D eigenvalue weighted by Gasteiger charge is -2.22. The number of hydrogen-bond acceptors (Lipinski definition) is 2. The van der Waals surface area contributed by atoms with E-state index in [1.54, 1.807) is 13.2 Å². The Morgan fingerprint density at radius 3 is 2.27 bits per heavy atom. The van der Waals surface area contributed by atoms with Crippen LogP contribution in [-0.4, -0.2) is 13.0 Å². The van der Waals surface area contributed by atoms with Crippen molar-refractivity contribution in [3.05, 3.63) is 53.1 Å². The zero-order chi connectivity index (χ0) is 16.5. The molecule has 0 saturated heterocycles. The average Bonchev–Trinajstić information content (AvgIpc) is 2.45. The van der Waals surface area contributed by atoms with Crippen molar-refractivity contribution in [3.8, 4) is 16.9 Å². The summed E-state index contributed by atoms with van der Waals surface area (Å²) in [6.45, 7) is 8.46. The lowest BCUT2D eigenvalue weighted by molar-refractivity contribution is 0.100. The van der Waals surface area contributed by atoms with Gasteiger partial charge in [-0.15, -0.1) is 0 Å². The molecule has 116 valence electrons. The fourth-order valence-corrected chi connectivity index (χ4v) is 2.48. The molecule has 2 aromatic carbocycles. The lowest BCUT2D eigenvalue weighted by atomic mass is 9.84. The summed E-state index contributed by atoms with van der Waals surface area (Å²) in [5, 5.41) is 0. The molecule has 2 aromatic rings. The molecule has 0 spiro atoms. The number of amides is 1. The molecule has 0 aliphatic rings. The van der Waals surface area contributed by atoms with Crippen LogP contribution in [0.2, 0.25) is 0 Å². The summed E-state index contributed by atoms with van der Waals surface area (Å²) >= 11 is 0. The van der Waals surface area contributed by atoms with Gasteiger partial charge in [-0.05, 0) is 41.7 Å². The zero-order valence-corrected chi connectivity index (χ0v) is 13.9. The molecule has 0 unspecified atom stereocenters. The highest BCUT2D eigenvalue weighted by Gasteiger charge is 2.19. The maximum Gasteiger partial charge on any atom is 0.249 e. The van der Waals surface area contributed by atoms with Crippen molar-refractivity contribution in [2.75, 3.05) is 7.11 Å². The van der Waals surface area contributed by atoms with Crippen molar-refractivity contribution < 1.29 is 9.53 Å². The summed E-state index contributed by atoms with van der Waals surface area (Å²) in [6.07, 6.45) is 0. The highest BCUT2D eigenvalue weighted by molar-refractivity contribution is 6.00. The van der Waals surface area contributed by atoms with Gasteiger partial charge in [0.15, 0.2) is 0 Å². The van der Waals surface area contributed by atoms with Gasteiger partial charge in [-0.1, -0.05) is 44.5 Å². The first kappa shape index (κ1) is 16.1. The number of nitrogens with two attached hydrogens (primary N) is 1. The molecule has 1 amide bonds. The van der Waals surface area contributed by atoms with Crippen molar-refractivity contribution in [3.63, 3.8) is 0 Å². The second kappa shape index (κ2) is 5.84. The van der Waals surface area contributed by atoms with Gasteiger partial charge in [-0.25, -0.2) is 0 Å². The number of carbonyl (C=O) groups excluding carboxylic acids is 1. The Kier molecular flexibility index (Phi) is 4.27. The van der Waals surface area contributed by atoms with Crippen LogP contribution in [0.4, 0.5) is 0 Å². The second-order valence-electron chi connectivity index (χ2n) is 6.58. The van der Waals surface area contributed by atoms with Crippen molar-refractivity contribution in [2.45, 2.75) is 33.1 Å². The fourth-order valence-electron chi connectivity index (χ4n) is 2.48. The highest BCUT2D eigenvalue weighted by atomic mass is 16.5. The Balaban J connectivity index is 2.75. The molecule has 3 nitrogen and oxygen atoms in total. The van der Waals surface area contributed by atoms with E-state index in [-0.39, 0.29) is 5.41 Å². The van der Waals surface area contributed by atoms with Gasteiger partial charge in [0.25, 0.3) is 0 Å². The summed E-state index contributed by atoms with van der Waals surface area (Å²) in [5.41, 5.74) is 10.0. The van der Waals surface area contributed by atoms with E-state index in [0.717, 1.165) is 22.4 Å². The lowest BCUT2D eigenvalue weighted by Crippen LogP contribution is -2.14. The van der Waals surface area contributed by atoms with Crippen LogP contribution in [0, 0.1) is 6.92 Å². The van der Waals surface area contributed by atoms with Crippen LogP contribution in [0.1, 0.15) is 42.3 Å². The largest absolute Gasteiger partial charge is 0.496 e. The molecule has 0 aliphatic heterocycles. The second-order valence-corrected chi connectivity index (χ2v) is 6.58. The number of aryl methyl sites for hydroxylation is 1. The van der Waals surface area contributed by atoms with Crippen LogP contribution in [0.5, 0.6) is 5.75 Å². The zero-order valence-electron chi connectivity index (χ0n) is 13.9. The van der Waals surface area contributed by atoms with Gasteiger partial charge < -0.3 is 10.5 Å². The minimum atomic E-state index is -0.432. The molecular formula is C19H23NO2. The van der Waals surface area contributed by atoms with Gasteiger partial charge in [0.2, 0.25) is 5.91 Å². The molecule has 2 N–H and O–H groups in total. The molecule has 0 atom stereocenters. The minimum Gasteiger partial charge on any atom is -0.496 e. The maximum absolute atomic E-state index is 11.8. The van der Waals surface area contributed by atoms with Crippen LogP contribution >= 0.6 is 0 Å². The Bertz CT molecular complexity index is 712. The Hall–Kier alpha value is -2.29. The topological polar surface area (TPSA) is 52.3 Å². The van der Waals surface area contributed by atoms with E-state index in [0.29, 0.717) is 5.56 Å². The van der Waals surface area contributed by atoms with Crippen LogP contribution in [0.25, 0.3) is 11.1 Å². The van der Waals surface area contributed by atoms with Gasteiger partial charge in [0.1, 0.15) is 5.75 Å². The molecule has 0 radical (unpaired) electrons. The average molecular weight is 297 g/mol. The Morgan fingerprint density at radius 2 is 1.73 bits per heavy atom. The number of hydrogen-bond donors (Lipinski definition) is 1. The smallest absolute Gasteiger partial charge is 0.249 e. The Morgan fingerprint density at radius 1 is 1.05 bits per heavy atom. The van der Waals surface area contributed by atoms with Gasteiger partial charge in [-0.3, -0.25) is 4.79 Å². The van der Waals surface area contributed by atoms with E-state index in [9.17, 15) is 4.79 Å². The fraction of sp³-hybridized carbons (Fsp3) is 0.316. The molecule has 0 heterocycles. The van der Waals surface area contributed by atoms with E-state index in [2.05, 4.69) is 32.9 Å². The molecule has 2 rings (SSSR count).